The largest absolute Gasteiger partial charge is 0.497 e. The topological polar surface area (TPSA) is 66.0 Å². The lowest BCUT2D eigenvalue weighted by atomic mass is 10.0. The fourth-order valence-electron chi connectivity index (χ4n) is 3.48. The summed E-state index contributed by atoms with van der Waals surface area (Å²) < 4.78 is 5.17. The van der Waals surface area contributed by atoms with Gasteiger partial charge in [0.1, 0.15) is 5.75 Å². The van der Waals surface area contributed by atoms with Gasteiger partial charge in [0.2, 0.25) is 0 Å². The minimum atomic E-state index is -0.112. The lowest BCUT2D eigenvalue weighted by Gasteiger charge is -2.31. The third-order valence-corrected chi connectivity index (χ3v) is 5.11. The van der Waals surface area contributed by atoms with Crippen molar-refractivity contribution in [2.75, 3.05) is 40.3 Å². The number of guanidine groups is 1. The molecular weight excluding hydrogens is 376 g/mol. The summed E-state index contributed by atoms with van der Waals surface area (Å²) in [5, 5.41) is 6.28. The summed E-state index contributed by atoms with van der Waals surface area (Å²) in [6.07, 6.45) is 4.35. The van der Waals surface area contributed by atoms with Gasteiger partial charge in [-0.2, -0.15) is 0 Å². The molecule has 2 N–H and O–H groups in total. The second kappa shape index (κ2) is 11.0. The molecular formula is C24H30N4O2. The summed E-state index contributed by atoms with van der Waals surface area (Å²) in [5.41, 5.74) is 3.32. The number of hydrogen-bond donors (Lipinski definition) is 2. The molecule has 0 radical (unpaired) electrons. The van der Waals surface area contributed by atoms with Crippen molar-refractivity contribution < 1.29 is 9.53 Å². The van der Waals surface area contributed by atoms with Crippen molar-refractivity contribution in [2.24, 2.45) is 4.99 Å². The molecule has 3 rings (SSSR count). The van der Waals surface area contributed by atoms with Gasteiger partial charge in [-0.15, -0.1) is 0 Å². The van der Waals surface area contributed by atoms with Gasteiger partial charge < -0.3 is 20.3 Å². The Hall–Kier alpha value is -3.28. The Kier molecular flexibility index (Phi) is 7.89. The van der Waals surface area contributed by atoms with E-state index in [1.807, 2.05) is 18.2 Å². The van der Waals surface area contributed by atoms with E-state index in [-0.39, 0.29) is 5.91 Å². The van der Waals surface area contributed by atoms with Crippen LogP contribution < -0.4 is 15.4 Å². The number of piperidine rings is 1. The SMILES string of the molecule is CN=C(NCCNC(=O)c1cccc(OC)c1)N1CCC(=Cc2ccccc2)CC1. The highest BCUT2D eigenvalue weighted by molar-refractivity contribution is 5.94. The lowest BCUT2D eigenvalue weighted by Crippen LogP contribution is -2.46. The molecule has 2 aromatic carbocycles. The first-order valence-corrected chi connectivity index (χ1v) is 10.3. The van der Waals surface area contributed by atoms with Crippen LogP contribution >= 0.6 is 0 Å². The van der Waals surface area contributed by atoms with Gasteiger partial charge in [0.05, 0.1) is 7.11 Å². The number of rotatable bonds is 6. The van der Waals surface area contributed by atoms with E-state index in [2.05, 4.69) is 50.9 Å². The first kappa shape index (κ1) is 21.4. The zero-order chi connectivity index (χ0) is 21.2. The van der Waals surface area contributed by atoms with Crippen molar-refractivity contribution in [3.05, 3.63) is 71.3 Å². The number of aliphatic imine (C=N–C) groups is 1. The number of nitrogens with one attached hydrogen (secondary N) is 2. The summed E-state index contributed by atoms with van der Waals surface area (Å²) in [6.45, 7) is 3.01. The molecule has 0 aliphatic carbocycles. The average Bonchev–Trinajstić information content (AvgIpc) is 2.80. The Labute approximate surface area is 178 Å². The highest BCUT2D eigenvalue weighted by atomic mass is 16.5. The van der Waals surface area contributed by atoms with Gasteiger partial charge in [-0.05, 0) is 36.6 Å². The van der Waals surface area contributed by atoms with Crippen LogP contribution in [0.4, 0.5) is 0 Å². The van der Waals surface area contributed by atoms with Gasteiger partial charge >= 0.3 is 0 Å². The van der Waals surface area contributed by atoms with Crippen molar-refractivity contribution in [3.63, 3.8) is 0 Å². The van der Waals surface area contributed by atoms with E-state index in [1.54, 1.807) is 26.3 Å². The standard InChI is InChI=1S/C24H30N4O2/c1-25-24(27-14-13-26-23(29)21-9-6-10-22(18-21)30-2)28-15-11-20(12-16-28)17-19-7-4-3-5-8-19/h3-10,17-18H,11-16H2,1-2H3,(H,25,27)(H,26,29). The monoisotopic (exact) mass is 406 g/mol. The fraction of sp³-hybridized carbons (Fsp3) is 0.333. The van der Waals surface area contributed by atoms with Crippen molar-refractivity contribution in [3.8, 4) is 5.75 Å². The number of ether oxygens (including phenoxy) is 1. The number of benzene rings is 2. The zero-order valence-electron chi connectivity index (χ0n) is 17.7. The second-order valence-corrected chi connectivity index (χ2v) is 7.16. The van der Waals surface area contributed by atoms with Crippen LogP contribution in [-0.4, -0.2) is 57.1 Å². The Morgan fingerprint density at radius 3 is 2.50 bits per heavy atom. The van der Waals surface area contributed by atoms with Gasteiger partial charge in [-0.1, -0.05) is 48.0 Å². The third-order valence-electron chi connectivity index (χ3n) is 5.11. The van der Waals surface area contributed by atoms with E-state index in [0.29, 0.717) is 24.4 Å². The van der Waals surface area contributed by atoms with Crippen molar-refractivity contribution in [2.45, 2.75) is 12.8 Å². The van der Waals surface area contributed by atoms with Gasteiger partial charge in [0, 0.05) is 38.8 Å². The molecule has 6 heteroatoms. The van der Waals surface area contributed by atoms with Crippen LogP contribution in [0.3, 0.4) is 0 Å². The molecule has 0 atom stereocenters. The molecule has 158 valence electrons. The molecule has 0 aromatic heterocycles. The Morgan fingerprint density at radius 1 is 1.07 bits per heavy atom. The van der Waals surface area contributed by atoms with E-state index < -0.39 is 0 Å². The van der Waals surface area contributed by atoms with Crippen LogP contribution in [0.1, 0.15) is 28.8 Å². The van der Waals surface area contributed by atoms with Gasteiger partial charge in [0.25, 0.3) is 5.91 Å². The van der Waals surface area contributed by atoms with Crippen LogP contribution in [0.25, 0.3) is 6.08 Å². The number of amides is 1. The van der Waals surface area contributed by atoms with Crippen LogP contribution in [0.5, 0.6) is 5.75 Å². The highest BCUT2D eigenvalue weighted by Crippen LogP contribution is 2.19. The van der Waals surface area contributed by atoms with Crippen LogP contribution in [0, 0.1) is 0 Å². The molecule has 2 aromatic rings. The number of likely N-dealkylation sites (tertiary alicyclic amines) is 1. The Bertz CT molecular complexity index is 883. The molecule has 1 amide bonds. The number of nitrogens with zero attached hydrogens (tertiary/aromatic N) is 2. The predicted octanol–water partition coefficient (Wildman–Crippen LogP) is 3.18. The molecule has 0 spiro atoms. The quantitative estimate of drug-likeness (QED) is 0.439. The zero-order valence-corrected chi connectivity index (χ0v) is 17.7. The summed E-state index contributed by atoms with van der Waals surface area (Å²) >= 11 is 0. The molecule has 6 nitrogen and oxygen atoms in total. The maximum Gasteiger partial charge on any atom is 0.251 e. The van der Waals surface area contributed by atoms with Crippen LogP contribution in [0.2, 0.25) is 0 Å². The van der Waals surface area contributed by atoms with E-state index in [1.165, 1.54) is 11.1 Å². The third kappa shape index (κ3) is 6.11. The Morgan fingerprint density at radius 2 is 1.80 bits per heavy atom. The fourth-order valence-corrected chi connectivity index (χ4v) is 3.48. The van der Waals surface area contributed by atoms with E-state index >= 15 is 0 Å². The smallest absolute Gasteiger partial charge is 0.251 e. The van der Waals surface area contributed by atoms with Crippen LogP contribution in [-0.2, 0) is 0 Å². The van der Waals surface area contributed by atoms with E-state index in [0.717, 1.165) is 31.9 Å². The Balaban J connectivity index is 1.42. The number of hydrogen-bond acceptors (Lipinski definition) is 3. The molecule has 0 unspecified atom stereocenters. The minimum Gasteiger partial charge on any atom is -0.497 e. The molecule has 30 heavy (non-hydrogen) atoms. The molecule has 0 saturated carbocycles. The molecule has 1 fully saturated rings. The first-order valence-electron chi connectivity index (χ1n) is 10.3. The lowest BCUT2D eigenvalue weighted by molar-refractivity contribution is 0.0954. The van der Waals surface area contributed by atoms with E-state index in [4.69, 9.17) is 4.74 Å². The van der Waals surface area contributed by atoms with Crippen molar-refractivity contribution in [1.82, 2.24) is 15.5 Å². The summed E-state index contributed by atoms with van der Waals surface area (Å²) in [5.74, 6) is 1.44. The van der Waals surface area contributed by atoms with Gasteiger partial charge in [-0.3, -0.25) is 9.79 Å². The molecule has 1 aliphatic heterocycles. The maximum absolute atomic E-state index is 12.3. The first-order chi connectivity index (χ1) is 14.7. The number of carbonyl (C=O) groups is 1. The maximum atomic E-state index is 12.3. The predicted molar refractivity (Wildman–Crippen MR) is 122 cm³/mol. The number of carbonyl (C=O) groups excluding carboxylic acids is 1. The average molecular weight is 407 g/mol. The van der Waals surface area contributed by atoms with Crippen LogP contribution in [0.15, 0.2) is 65.2 Å². The molecule has 1 saturated heterocycles. The van der Waals surface area contributed by atoms with E-state index in [9.17, 15) is 4.79 Å². The summed E-state index contributed by atoms with van der Waals surface area (Å²) in [4.78, 5) is 18.9. The summed E-state index contributed by atoms with van der Waals surface area (Å²) in [6, 6.07) is 17.6. The molecule has 1 aliphatic rings. The van der Waals surface area contributed by atoms with Gasteiger partial charge in [0.15, 0.2) is 5.96 Å². The van der Waals surface area contributed by atoms with Gasteiger partial charge in [-0.25, -0.2) is 0 Å². The van der Waals surface area contributed by atoms with Crippen molar-refractivity contribution >= 4 is 17.9 Å². The summed E-state index contributed by atoms with van der Waals surface area (Å²) in [7, 11) is 3.39. The molecule has 1 heterocycles. The second-order valence-electron chi connectivity index (χ2n) is 7.16. The highest BCUT2D eigenvalue weighted by Gasteiger charge is 2.17. The number of methoxy groups -OCH3 is 1. The van der Waals surface area contributed by atoms with Crippen molar-refractivity contribution in [1.29, 1.82) is 0 Å². The minimum absolute atomic E-state index is 0.112. The normalized spacial score (nSPS) is 14.3. The molecule has 0 bridgehead atoms.